The van der Waals surface area contributed by atoms with Crippen molar-refractivity contribution in [3.8, 4) is 0 Å². The Morgan fingerprint density at radius 2 is 0.881 bits per heavy atom. The van der Waals surface area contributed by atoms with Crippen LogP contribution in [0.3, 0.4) is 0 Å². The Morgan fingerprint density at radius 3 is 1.24 bits per heavy atom. The zero-order valence-corrected chi connectivity index (χ0v) is 22.4. The topological polar surface area (TPSA) is 217 Å². The number of rotatable bonds is 14. The standard InChI is InChI=1S/C26H31N7O9/c34-21-9-1-6-18(31(21)40)24(37)27-12-4-15-30(17-14-29-26(39)20-8-3-11-23(36)33(20)42)16-5-13-28-25(38)19-7-2-10-22(35)32(19)41/h1-3,6-11,40-42H,4-5,12-17H2,(H,27,37)(H,28,38)(H,29,39). The van der Waals surface area contributed by atoms with Gasteiger partial charge in [0.15, 0.2) is 0 Å². The largest absolute Gasteiger partial charge is 0.425 e. The Kier molecular flexibility index (Phi) is 11.0. The quantitative estimate of drug-likeness (QED) is 0.0956. The Labute approximate surface area is 237 Å². The molecule has 0 radical (unpaired) electrons. The molecular formula is C26H31N7O9. The van der Waals surface area contributed by atoms with Gasteiger partial charge >= 0.3 is 0 Å². The first-order valence-corrected chi connectivity index (χ1v) is 12.9. The molecule has 16 heteroatoms. The molecule has 0 aliphatic carbocycles. The Bertz CT molecular complexity index is 1520. The van der Waals surface area contributed by atoms with Crippen molar-refractivity contribution in [1.82, 2.24) is 35.0 Å². The Balaban J connectivity index is 1.53. The fourth-order valence-electron chi connectivity index (χ4n) is 3.90. The molecule has 6 N–H and O–H groups in total. The van der Waals surface area contributed by atoms with Gasteiger partial charge in [-0.25, -0.2) is 0 Å². The highest BCUT2D eigenvalue weighted by Crippen LogP contribution is 1.99. The molecule has 0 aliphatic heterocycles. The maximum atomic E-state index is 12.4. The summed E-state index contributed by atoms with van der Waals surface area (Å²) >= 11 is 0. The van der Waals surface area contributed by atoms with Gasteiger partial charge in [0.1, 0.15) is 17.1 Å². The highest BCUT2D eigenvalue weighted by molar-refractivity contribution is 5.93. The van der Waals surface area contributed by atoms with E-state index >= 15 is 0 Å². The third-order valence-electron chi connectivity index (χ3n) is 6.07. The molecule has 224 valence electrons. The summed E-state index contributed by atoms with van der Waals surface area (Å²) in [6, 6.07) is 11.2. The minimum Gasteiger partial charge on any atom is -0.425 e. The normalized spacial score (nSPS) is 10.8. The van der Waals surface area contributed by atoms with Crippen LogP contribution in [0.1, 0.15) is 44.3 Å². The van der Waals surface area contributed by atoms with Crippen LogP contribution in [0.5, 0.6) is 0 Å². The first-order valence-electron chi connectivity index (χ1n) is 12.9. The number of hydrogen-bond donors (Lipinski definition) is 6. The zero-order valence-electron chi connectivity index (χ0n) is 22.4. The lowest BCUT2D eigenvalue weighted by Crippen LogP contribution is -2.39. The van der Waals surface area contributed by atoms with E-state index in [1.165, 1.54) is 36.4 Å². The smallest absolute Gasteiger partial charge is 0.283 e. The lowest BCUT2D eigenvalue weighted by atomic mass is 10.3. The molecule has 16 nitrogen and oxygen atoms in total. The van der Waals surface area contributed by atoms with Crippen LogP contribution in [-0.4, -0.2) is 91.7 Å². The summed E-state index contributed by atoms with van der Waals surface area (Å²) in [6.07, 6.45) is 0.897. The van der Waals surface area contributed by atoms with Crippen LogP contribution in [-0.2, 0) is 0 Å². The molecule has 0 unspecified atom stereocenters. The predicted octanol–water partition coefficient (Wildman–Crippen LogP) is -1.44. The number of carbonyl (C=O) groups excluding carboxylic acids is 3. The van der Waals surface area contributed by atoms with Crippen molar-refractivity contribution in [2.75, 3.05) is 39.3 Å². The van der Waals surface area contributed by atoms with Crippen molar-refractivity contribution in [3.05, 3.63) is 103 Å². The summed E-state index contributed by atoms with van der Waals surface area (Å²) < 4.78 is 0.751. The molecular weight excluding hydrogens is 554 g/mol. The van der Waals surface area contributed by atoms with Crippen LogP contribution in [0.25, 0.3) is 0 Å². The van der Waals surface area contributed by atoms with Gasteiger partial charge in [-0.15, -0.1) is 14.2 Å². The van der Waals surface area contributed by atoms with Crippen LogP contribution in [0.4, 0.5) is 0 Å². The molecule has 0 bridgehead atoms. The first-order chi connectivity index (χ1) is 20.1. The van der Waals surface area contributed by atoms with Gasteiger partial charge in [-0.05, 0) is 44.1 Å². The van der Waals surface area contributed by atoms with E-state index in [1.807, 2.05) is 4.90 Å². The lowest BCUT2D eigenvalue weighted by Gasteiger charge is -2.23. The molecule has 42 heavy (non-hydrogen) atoms. The number of pyridine rings is 3. The molecule has 3 aromatic heterocycles. The van der Waals surface area contributed by atoms with Crippen molar-refractivity contribution in [1.29, 1.82) is 0 Å². The number of hydrogen-bond acceptors (Lipinski definition) is 10. The van der Waals surface area contributed by atoms with Crippen molar-refractivity contribution >= 4 is 17.7 Å². The van der Waals surface area contributed by atoms with E-state index < -0.39 is 34.4 Å². The second-order valence-corrected chi connectivity index (χ2v) is 9.00. The van der Waals surface area contributed by atoms with Gasteiger partial charge in [0.2, 0.25) is 0 Å². The van der Waals surface area contributed by atoms with Gasteiger partial charge < -0.3 is 36.5 Å². The van der Waals surface area contributed by atoms with E-state index in [0.717, 1.165) is 18.2 Å². The van der Waals surface area contributed by atoms with Gasteiger partial charge in [-0.1, -0.05) is 18.2 Å². The maximum absolute atomic E-state index is 12.4. The second kappa shape index (κ2) is 14.8. The van der Waals surface area contributed by atoms with Gasteiger partial charge in [0.25, 0.3) is 34.4 Å². The molecule has 0 atom stereocenters. The second-order valence-electron chi connectivity index (χ2n) is 9.00. The number of amides is 3. The SMILES string of the molecule is O=C(NCCCN(CCCNC(=O)c1cccc(=O)n1O)CCNC(=O)c1cccc(=O)n1O)c1cccc(=O)n1O. The molecule has 3 amide bonds. The van der Waals surface area contributed by atoms with Crippen LogP contribution in [0.2, 0.25) is 0 Å². The lowest BCUT2D eigenvalue weighted by molar-refractivity contribution is 0.0871. The van der Waals surface area contributed by atoms with Crippen LogP contribution in [0, 0.1) is 0 Å². The van der Waals surface area contributed by atoms with E-state index in [1.54, 1.807) is 0 Å². The summed E-state index contributed by atoms with van der Waals surface area (Å²) in [5, 5.41) is 37.1. The van der Waals surface area contributed by atoms with E-state index in [9.17, 15) is 44.4 Å². The van der Waals surface area contributed by atoms with E-state index in [4.69, 9.17) is 0 Å². The highest BCUT2D eigenvalue weighted by Gasteiger charge is 2.15. The molecule has 3 rings (SSSR count). The van der Waals surface area contributed by atoms with Crippen LogP contribution >= 0.6 is 0 Å². The molecule has 3 heterocycles. The third kappa shape index (κ3) is 8.31. The van der Waals surface area contributed by atoms with E-state index in [0.29, 0.717) is 32.5 Å². The minimum atomic E-state index is -0.754. The summed E-state index contributed by atoms with van der Waals surface area (Å²) in [6.45, 7) is 1.75. The van der Waals surface area contributed by atoms with Gasteiger partial charge in [-0.2, -0.15) is 0 Å². The predicted molar refractivity (Wildman–Crippen MR) is 146 cm³/mol. The number of carbonyl (C=O) groups is 3. The molecule has 0 aliphatic rings. The van der Waals surface area contributed by atoms with Gasteiger partial charge in [0, 0.05) is 44.4 Å². The number of nitrogens with one attached hydrogen (secondary N) is 3. The van der Waals surface area contributed by atoms with E-state index in [2.05, 4.69) is 16.0 Å². The Hall–Kier alpha value is -5.38. The van der Waals surface area contributed by atoms with Gasteiger partial charge in [-0.3, -0.25) is 28.8 Å². The third-order valence-corrected chi connectivity index (χ3v) is 6.07. The monoisotopic (exact) mass is 585 g/mol. The maximum Gasteiger partial charge on any atom is 0.283 e. The molecule has 0 spiro atoms. The molecule has 0 fully saturated rings. The van der Waals surface area contributed by atoms with Gasteiger partial charge in [0.05, 0.1) is 0 Å². The van der Waals surface area contributed by atoms with Crippen LogP contribution < -0.4 is 32.6 Å². The average Bonchev–Trinajstić information content (AvgIpc) is 2.96. The molecule has 0 saturated carbocycles. The zero-order chi connectivity index (χ0) is 30.6. The molecule has 0 aromatic carbocycles. The van der Waals surface area contributed by atoms with Crippen molar-refractivity contribution < 1.29 is 30.0 Å². The molecule has 0 saturated heterocycles. The summed E-state index contributed by atoms with van der Waals surface area (Å²) in [4.78, 5) is 73.6. The van der Waals surface area contributed by atoms with E-state index in [-0.39, 0.29) is 50.9 Å². The first kappa shape index (κ1) is 31.2. The summed E-state index contributed by atoms with van der Waals surface area (Å²) in [5.41, 5.74) is -2.90. The summed E-state index contributed by atoms with van der Waals surface area (Å²) in [7, 11) is 0. The molecule has 3 aromatic rings. The number of nitrogens with zero attached hydrogens (tertiary/aromatic N) is 4. The highest BCUT2D eigenvalue weighted by atomic mass is 16.5. The van der Waals surface area contributed by atoms with Crippen molar-refractivity contribution in [2.24, 2.45) is 0 Å². The van der Waals surface area contributed by atoms with Crippen LogP contribution in [0.15, 0.2) is 69.0 Å². The Morgan fingerprint density at radius 1 is 0.548 bits per heavy atom. The fraction of sp³-hybridized carbons (Fsp3) is 0.308. The minimum absolute atomic E-state index is 0.141. The summed E-state index contributed by atoms with van der Waals surface area (Å²) in [5.74, 6) is -1.94. The van der Waals surface area contributed by atoms with Crippen molar-refractivity contribution in [2.45, 2.75) is 12.8 Å². The average molecular weight is 586 g/mol. The fourth-order valence-corrected chi connectivity index (χ4v) is 3.90. The number of aromatic nitrogens is 3. The van der Waals surface area contributed by atoms with Crippen molar-refractivity contribution in [3.63, 3.8) is 0 Å².